The standard InChI is InChI=1S/C13H18N2O2/c1-2-9-5-3-4-6-12(9)15-13(16)10-7-17-8-11(10)14/h3-6,10-11H,2,7-8,14H2,1H3,(H,15,16). The summed E-state index contributed by atoms with van der Waals surface area (Å²) < 4.78 is 5.20. The molecule has 17 heavy (non-hydrogen) atoms. The van der Waals surface area contributed by atoms with Crippen LogP contribution in [0.15, 0.2) is 24.3 Å². The Morgan fingerprint density at radius 2 is 2.24 bits per heavy atom. The van der Waals surface area contributed by atoms with Crippen LogP contribution in [0.3, 0.4) is 0 Å². The second-order valence-electron chi connectivity index (χ2n) is 4.31. The molecule has 0 aliphatic carbocycles. The lowest BCUT2D eigenvalue weighted by molar-refractivity contribution is -0.120. The molecular weight excluding hydrogens is 216 g/mol. The summed E-state index contributed by atoms with van der Waals surface area (Å²) in [6, 6.07) is 7.63. The third-order valence-electron chi connectivity index (χ3n) is 3.12. The van der Waals surface area contributed by atoms with Crippen molar-refractivity contribution in [3.05, 3.63) is 29.8 Å². The van der Waals surface area contributed by atoms with Crippen molar-refractivity contribution in [2.45, 2.75) is 19.4 Å². The number of carbonyl (C=O) groups is 1. The van der Waals surface area contributed by atoms with Crippen molar-refractivity contribution < 1.29 is 9.53 Å². The fourth-order valence-corrected chi connectivity index (χ4v) is 2.02. The van der Waals surface area contributed by atoms with Gasteiger partial charge < -0.3 is 15.8 Å². The molecule has 2 rings (SSSR count). The van der Waals surface area contributed by atoms with Gasteiger partial charge in [-0.3, -0.25) is 4.79 Å². The number of hydrogen-bond acceptors (Lipinski definition) is 3. The van der Waals surface area contributed by atoms with Crippen molar-refractivity contribution >= 4 is 11.6 Å². The molecule has 0 saturated carbocycles. The fourth-order valence-electron chi connectivity index (χ4n) is 2.02. The molecule has 2 unspecified atom stereocenters. The SMILES string of the molecule is CCc1ccccc1NC(=O)C1COCC1N. The summed E-state index contributed by atoms with van der Waals surface area (Å²) in [6.07, 6.45) is 0.893. The first-order valence-corrected chi connectivity index (χ1v) is 5.94. The zero-order valence-electron chi connectivity index (χ0n) is 9.98. The Hall–Kier alpha value is -1.39. The van der Waals surface area contributed by atoms with Crippen molar-refractivity contribution in [3.8, 4) is 0 Å². The quantitative estimate of drug-likeness (QED) is 0.825. The van der Waals surface area contributed by atoms with Gasteiger partial charge in [-0.1, -0.05) is 25.1 Å². The molecule has 0 aromatic heterocycles. The molecule has 1 aromatic carbocycles. The van der Waals surface area contributed by atoms with Gasteiger partial charge in [-0.25, -0.2) is 0 Å². The van der Waals surface area contributed by atoms with Crippen LogP contribution >= 0.6 is 0 Å². The molecule has 1 aliphatic rings. The topological polar surface area (TPSA) is 64.3 Å². The van der Waals surface area contributed by atoms with Gasteiger partial charge in [0.1, 0.15) is 0 Å². The predicted octanol–water partition coefficient (Wildman–Crippen LogP) is 1.16. The first-order chi connectivity index (χ1) is 8.22. The Balaban J connectivity index is 2.07. The van der Waals surface area contributed by atoms with Gasteiger partial charge in [0.05, 0.1) is 19.1 Å². The van der Waals surface area contributed by atoms with Gasteiger partial charge in [-0.15, -0.1) is 0 Å². The van der Waals surface area contributed by atoms with Crippen LogP contribution in [0.25, 0.3) is 0 Å². The van der Waals surface area contributed by atoms with Crippen LogP contribution in [0.2, 0.25) is 0 Å². The minimum atomic E-state index is -0.236. The van der Waals surface area contributed by atoms with E-state index in [-0.39, 0.29) is 17.9 Å². The monoisotopic (exact) mass is 234 g/mol. The van der Waals surface area contributed by atoms with E-state index in [0.29, 0.717) is 13.2 Å². The molecule has 1 heterocycles. The number of para-hydroxylation sites is 1. The second kappa shape index (κ2) is 5.29. The number of nitrogens with two attached hydrogens (primary N) is 1. The van der Waals surface area contributed by atoms with Crippen LogP contribution in [-0.4, -0.2) is 25.2 Å². The zero-order chi connectivity index (χ0) is 12.3. The van der Waals surface area contributed by atoms with E-state index >= 15 is 0 Å². The Morgan fingerprint density at radius 3 is 2.88 bits per heavy atom. The Morgan fingerprint density at radius 1 is 1.47 bits per heavy atom. The average Bonchev–Trinajstić information content (AvgIpc) is 2.76. The molecule has 3 N–H and O–H groups in total. The number of ether oxygens (including phenoxy) is 1. The summed E-state index contributed by atoms with van der Waals surface area (Å²) in [7, 11) is 0. The average molecular weight is 234 g/mol. The predicted molar refractivity (Wildman–Crippen MR) is 66.7 cm³/mol. The van der Waals surface area contributed by atoms with Gasteiger partial charge >= 0.3 is 0 Å². The Labute approximate surface area is 101 Å². The van der Waals surface area contributed by atoms with E-state index in [1.807, 2.05) is 24.3 Å². The minimum absolute atomic E-state index is 0.0455. The summed E-state index contributed by atoms with van der Waals surface area (Å²) in [5.41, 5.74) is 7.83. The van der Waals surface area contributed by atoms with E-state index < -0.39 is 0 Å². The van der Waals surface area contributed by atoms with Crippen molar-refractivity contribution in [2.75, 3.05) is 18.5 Å². The highest BCUT2D eigenvalue weighted by Gasteiger charge is 2.31. The van der Waals surface area contributed by atoms with Crippen LogP contribution < -0.4 is 11.1 Å². The Kier molecular flexibility index (Phi) is 3.76. The van der Waals surface area contributed by atoms with Crippen molar-refractivity contribution in [2.24, 2.45) is 11.7 Å². The summed E-state index contributed by atoms with van der Waals surface area (Å²) in [6.45, 7) is 2.95. The maximum Gasteiger partial charge on any atom is 0.231 e. The van der Waals surface area contributed by atoms with Crippen LogP contribution in [0.4, 0.5) is 5.69 Å². The van der Waals surface area contributed by atoms with Gasteiger partial charge in [0.2, 0.25) is 5.91 Å². The molecule has 1 saturated heterocycles. The lowest BCUT2D eigenvalue weighted by atomic mass is 10.0. The number of amides is 1. The molecule has 0 radical (unpaired) electrons. The highest BCUT2D eigenvalue weighted by atomic mass is 16.5. The third-order valence-corrected chi connectivity index (χ3v) is 3.12. The summed E-state index contributed by atoms with van der Waals surface area (Å²) in [5, 5.41) is 2.93. The molecule has 4 heteroatoms. The summed E-state index contributed by atoms with van der Waals surface area (Å²) in [4.78, 5) is 12.0. The van der Waals surface area contributed by atoms with Gasteiger partial charge in [0, 0.05) is 11.7 Å². The molecule has 2 atom stereocenters. The zero-order valence-corrected chi connectivity index (χ0v) is 9.98. The van der Waals surface area contributed by atoms with Gasteiger partial charge in [0.25, 0.3) is 0 Å². The number of carbonyl (C=O) groups excluding carboxylic acids is 1. The van der Waals surface area contributed by atoms with Crippen LogP contribution in [0.1, 0.15) is 12.5 Å². The Bertz CT molecular complexity index is 406. The molecule has 92 valence electrons. The maximum absolute atomic E-state index is 12.0. The van der Waals surface area contributed by atoms with E-state index in [1.165, 1.54) is 0 Å². The van der Waals surface area contributed by atoms with Crippen LogP contribution in [-0.2, 0) is 16.0 Å². The van der Waals surface area contributed by atoms with E-state index in [9.17, 15) is 4.79 Å². The second-order valence-corrected chi connectivity index (χ2v) is 4.31. The van der Waals surface area contributed by atoms with Crippen molar-refractivity contribution in [1.29, 1.82) is 0 Å². The largest absolute Gasteiger partial charge is 0.379 e. The fraction of sp³-hybridized carbons (Fsp3) is 0.462. The third kappa shape index (κ3) is 2.65. The first kappa shape index (κ1) is 12.1. The smallest absolute Gasteiger partial charge is 0.231 e. The van der Waals surface area contributed by atoms with Crippen molar-refractivity contribution in [3.63, 3.8) is 0 Å². The molecule has 0 bridgehead atoms. The van der Waals surface area contributed by atoms with Crippen LogP contribution in [0.5, 0.6) is 0 Å². The van der Waals surface area contributed by atoms with Crippen LogP contribution in [0, 0.1) is 5.92 Å². The van der Waals surface area contributed by atoms with Gasteiger partial charge in [0.15, 0.2) is 0 Å². The molecule has 1 fully saturated rings. The maximum atomic E-state index is 12.0. The summed E-state index contributed by atoms with van der Waals surface area (Å²) in [5.74, 6) is -0.282. The molecule has 1 amide bonds. The number of nitrogens with one attached hydrogen (secondary N) is 1. The highest BCUT2D eigenvalue weighted by Crippen LogP contribution is 2.19. The van der Waals surface area contributed by atoms with Gasteiger partial charge in [-0.05, 0) is 18.1 Å². The lowest BCUT2D eigenvalue weighted by Gasteiger charge is -2.15. The number of anilines is 1. The number of aryl methyl sites for hydroxylation is 1. The lowest BCUT2D eigenvalue weighted by Crippen LogP contribution is -2.37. The number of rotatable bonds is 3. The highest BCUT2D eigenvalue weighted by molar-refractivity contribution is 5.94. The molecular formula is C13H18N2O2. The van der Waals surface area contributed by atoms with E-state index in [0.717, 1.165) is 17.7 Å². The summed E-state index contributed by atoms with van der Waals surface area (Å²) >= 11 is 0. The number of hydrogen-bond donors (Lipinski definition) is 2. The van der Waals surface area contributed by atoms with E-state index in [2.05, 4.69) is 12.2 Å². The molecule has 1 aliphatic heterocycles. The molecule has 1 aromatic rings. The van der Waals surface area contributed by atoms with E-state index in [1.54, 1.807) is 0 Å². The normalized spacial score (nSPS) is 23.6. The molecule has 0 spiro atoms. The van der Waals surface area contributed by atoms with Crippen molar-refractivity contribution in [1.82, 2.24) is 0 Å². The van der Waals surface area contributed by atoms with E-state index in [4.69, 9.17) is 10.5 Å². The number of benzene rings is 1. The minimum Gasteiger partial charge on any atom is -0.379 e. The van der Waals surface area contributed by atoms with Gasteiger partial charge in [-0.2, -0.15) is 0 Å². The molecule has 4 nitrogen and oxygen atoms in total. The first-order valence-electron chi connectivity index (χ1n) is 5.94.